The van der Waals surface area contributed by atoms with Gasteiger partial charge in [0.05, 0.1) is 19.8 Å². The molecule has 3 aromatic rings. The summed E-state index contributed by atoms with van der Waals surface area (Å²) >= 11 is 0. The van der Waals surface area contributed by atoms with Crippen LogP contribution in [0.5, 0.6) is 11.5 Å². The minimum Gasteiger partial charge on any atom is -0.497 e. The molecule has 2 heterocycles. The zero-order valence-electron chi connectivity index (χ0n) is 15.8. The minimum absolute atomic E-state index is 0.187. The van der Waals surface area contributed by atoms with Crippen molar-refractivity contribution >= 4 is 22.8 Å². The van der Waals surface area contributed by atoms with E-state index in [0.717, 1.165) is 58.7 Å². The van der Waals surface area contributed by atoms with Gasteiger partial charge in [0.2, 0.25) is 0 Å². The monoisotopic (exact) mass is 379 g/mol. The molecule has 1 aliphatic carbocycles. The number of pyridine rings is 2. The Morgan fingerprint density at radius 3 is 2.75 bits per heavy atom. The summed E-state index contributed by atoms with van der Waals surface area (Å²) < 4.78 is 10.7. The Morgan fingerprint density at radius 2 is 2.00 bits per heavy atom. The Kier molecular flexibility index (Phi) is 4.73. The summed E-state index contributed by atoms with van der Waals surface area (Å²) in [6, 6.07) is 7.39. The first-order valence-electron chi connectivity index (χ1n) is 9.10. The number of ether oxygens (including phenoxy) is 2. The fourth-order valence-electron chi connectivity index (χ4n) is 3.68. The Morgan fingerprint density at radius 1 is 1.18 bits per heavy atom. The van der Waals surface area contributed by atoms with Crippen LogP contribution in [-0.2, 0) is 19.4 Å². The Labute approximate surface area is 162 Å². The third-order valence-electron chi connectivity index (χ3n) is 5.10. The second kappa shape index (κ2) is 7.34. The van der Waals surface area contributed by atoms with Gasteiger partial charge in [-0.05, 0) is 48.6 Å². The number of fused-ring (bicyclic) bond motifs is 3. The van der Waals surface area contributed by atoms with E-state index in [0.29, 0.717) is 12.2 Å². The van der Waals surface area contributed by atoms with E-state index in [-0.39, 0.29) is 5.56 Å². The molecule has 144 valence electrons. The van der Waals surface area contributed by atoms with Crippen LogP contribution in [0.15, 0.2) is 30.5 Å². The third-order valence-corrected chi connectivity index (χ3v) is 5.10. The molecule has 0 saturated heterocycles. The number of aromatic carboxylic acids is 1. The lowest BCUT2D eigenvalue weighted by Gasteiger charge is -2.15. The summed E-state index contributed by atoms with van der Waals surface area (Å²) in [5, 5.41) is 13.5. The maximum atomic E-state index is 11.3. The van der Waals surface area contributed by atoms with Gasteiger partial charge >= 0.3 is 5.97 Å². The molecule has 7 nitrogen and oxygen atoms in total. The van der Waals surface area contributed by atoms with Crippen molar-refractivity contribution in [1.29, 1.82) is 0 Å². The smallest absolute Gasteiger partial charge is 0.337 e. The molecule has 1 aromatic carbocycles. The van der Waals surface area contributed by atoms with E-state index in [1.54, 1.807) is 20.3 Å². The van der Waals surface area contributed by atoms with Crippen molar-refractivity contribution < 1.29 is 19.4 Å². The molecule has 1 aliphatic rings. The van der Waals surface area contributed by atoms with Gasteiger partial charge in [0, 0.05) is 29.8 Å². The number of aryl methyl sites for hydroxylation is 1. The topological polar surface area (TPSA) is 93.6 Å². The van der Waals surface area contributed by atoms with E-state index in [2.05, 4.69) is 15.3 Å². The number of nitrogens with zero attached hydrogens (tertiary/aromatic N) is 2. The molecule has 4 rings (SSSR count). The zero-order chi connectivity index (χ0) is 19.7. The van der Waals surface area contributed by atoms with E-state index >= 15 is 0 Å². The lowest BCUT2D eigenvalue weighted by atomic mass is 10.1. The van der Waals surface area contributed by atoms with Gasteiger partial charge in [0.1, 0.15) is 17.3 Å². The van der Waals surface area contributed by atoms with Gasteiger partial charge in [-0.3, -0.25) is 0 Å². The summed E-state index contributed by atoms with van der Waals surface area (Å²) in [6.07, 6.45) is 4.19. The molecule has 0 saturated carbocycles. The van der Waals surface area contributed by atoms with E-state index in [9.17, 15) is 9.90 Å². The molecule has 0 spiro atoms. The highest BCUT2D eigenvalue weighted by Crippen LogP contribution is 2.34. The van der Waals surface area contributed by atoms with Crippen molar-refractivity contribution in [3.8, 4) is 11.5 Å². The normalized spacial score (nSPS) is 12.6. The zero-order valence-corrected chi connectivity index (χ0v) is 15.8. The van der Waals surface area contributed by atoms with Gasteiger partial charge in [-0.2, -0.15) is 0 Å². The number of aromatic nitrogens is 2. The highest BCUT2D eigenvalue weighted by molar-refractivity contribution is 5.93. The van der Waals surface area contributed by atoms with Crippen molar-refractivity contribution in [1.82, 2.24) is 9.97 Å². The second-order valence-electron chi connectivity index (χ2n) is 6.70. The van der Waals surface area contributed by atoms with E-state index in [4.69, 9.17) is 9.47 Å². The molecule has 28 heavy (non-hydrogen) atoms. The number of carbonyl (C=O) groups is 1. The van der Waals surface area contributed by atoms with Gasteiger partial charge in [-0.25, -0.2) is 14.8 Å². The van der Waals surface area contributed by atoms with Crippen LogP contribution in [0.2, 0.25) is 0 Å². The molecular formula is C21H21N3O4. The van der Waals surface area contributed by atoms with Crippen molar-refractivity contribution in [2.24, 2.45) is 0 Å². The standard InChI is InChI=1S/C21H21N3O4/c1-27-14-7-6-12(18(9-14)28-2)10-22-19-16-5-3-4-15(16)17-8-13(21(25)26)11-23-20(17)24-19/h6-9,11H,3-5,10H2,1-2H3,(H,25,26)(H,22,23,24). The highest BCUT2D eigenvalue weighted by Gasteiger charge is 2.21. The van der Waals surface area contributed by atoms with Crippen LogP contribution >= 0.6 is 0 Å². The summed E-state index contributed by atoms with van der Waals surface area (Å²) in [6.45, 7) is 0.547. The quantitative estimate of drug-likeness (QED) is 0.677. The lowest BCUT2D eigenvalue weighted by molar-refractivity contribution is 0.0696. The Balaban J connectivity index is 1.68. The van der Waals surface area contributed by atoms with E-state index in [1.807, 2.05) is 18.2 Å². The van der Waals surface area contributed by atoms with Gasteiger partial charge in [-0.1, -0.05) is 0 Å². The summed E-state index contributed by atoms with van der Waals surface area (Å²) in [7, 11) is 3.26. The average Bonchev–Trinajstić information content (AvgIpc) is 3.21. The number of anilines is 1. The summed E-state index contributed by atoms with van der Waals surface area (Å²) in [5.41, 5.74) is 4.03. The largest absolute Gasteiger partial charge is 0.497 e. The number of methoxy groups -OCH3 is 2. The number of rotatable bonds is 6. The molecule has 0 unspecified atom stereocenters. The first-order valence-corrected chi connectivity index (χ1v) is 9.10. The number of hydrogen-bond donors (Lipinski definition) is 2. The molecule has 0 amide bonds. The molecule has 0 bridgehead atoms. The Hall–Kier alpha value is -3.35. The molecular weight excluding hydrogens is 358 g/mol. The van der Waals surface area contributed by atoms with Gasteiger partial charge in [0.25, 0.3) is 0 Å². The molecule has 0 fully saturated rings. The summed E-state index contributed by atoms with van der Waals surface area (Å²) in [4.78, 5) is 20.2. The van der Waals surface area contributed by atoms with Crippen LogP contribution in [-0.4, -0.2) is 35.3 Å². The lowest BCUT2D eigenvalue weighted by Crippen LogP contribution is -2.08. The second-order valence-corrected chi connectivity index (χ2v) is 6.70. The Bertz CT molecular complexity index is 1070. The maximum absolute atomic E-state index is 11.3. The molecule has 0 aliphatic heterocycles. The van der Waals surface area contributed by atoms with Crippen LogP contribution < -0.4 is 14.8 Å². The fraction of sp³-hybridized carbons (Fsp3) is 0.286. The van der Waals surface area contributed by atoms with Crippen LogP contribution in [0.4, 0.5) is 5.82 Å². The highest BCUT2D eigenvalue weighted by atomic mass is 16.5. The molecule has 7 heteroatoms. The summed E-state index contributed by atoms with van der Waals surface area (Å²) in [5.74, 6) is 1.31. The van der Waals surface area contributed by atoms with Crippen LogP contribution in [0, 0.1) is 0 Å². The van der Waals surface area contributed by atoms with Gasteiger partial charge in [0.15, 0.2) is 5.65 Å². The maximum Gasteiger partial charge on any atom is 0.337 e. The van der Waals surface area contributed by atoms with Crippen molar-refractivity contribution in [3.63, 3.8) is 0 Å². The molecule has 0 radical (unpaired) electrons. The van der Waals surface area contributed by atoms with Crippen molar-refractivity contribution in [2.75, 3.05) is 19.5 Å². The van der Waals surface area contributed by atoms with Gasteiger partial charge in [-0.15, -0.1) is 0 Å². The SMILES string of the molecule is COc1ccc(CNc2nc3ncc(C(=O)O)cc3c3c2CCC3)c(OC)c1. The predicted octanol–water partition coefficient (Wildman–Crippen LogP) is 3.45. The number of nitrogens with one attached hydrogen (secondary N) is 1. The van der Waals surface area contributed by atoms with Crippen molar-refractivity contribution in [3.05, 3.63) is 52.7 Å². The van der Waals surface area contributed by atoms with E-state index in [1.165, 1.54) is 6.20 Å². The molecule has 2 N–H and O–H groups in total. The number of benzene rings is 1. The van der Waals surface area contributed by atoms with E-state index < -0.39 is 5.97 Å². The molecule has 0 atom stereocenters. The van der Waals surface area contributed by atoms with Crippen LogP contribution in [0.25, 0.3) is 11.0 Å². The third kappa shape index (κ3) is 3.19. The van der Waals surface area contributed by atoms with Crippen LogP contribution in [0.3, 0.4) is 0 Å². The average molecular weight is 379 g/mol. The van der Waals surface area contributed by atoms with Crippen LogP contribution in [0.1, 0.15) is 33.5 Å². The van der Waals surface area contributed by atoms with Gasteiger partial charge < -0.3 is 19.9 Å². The molecule has 2 aromatic heterocycles. The predicted molar refractivity (Wildman–Crippen MR) is 105 cm³/mol. The first-order chi connectivity index (χ1) is 13.6. The fourth-order valence-corrected chi connectivity index (χ4v) is 3.68. The van der Waals surface area contributed by atoms with Crippen molar-refractivity contribution in [2.45, 2.75) is 25.8 Å². The number of carboxylic acid groups (broad SMARTS) is 1. The minimum atomic E-state index is -0.977. The number of carboxylic acids is 1. The first kappa shape index (κ1) is 18.0. The number of hydrogen-bond acceptors (Lipinski definition) is 6.